The van der Waals surface area contributed by atoms with Crippen LogP contribution < -0.4 is 4.74 Å². The van der Waals surface area contributed by atoms with Crippen molar-refractivity contribution in [3.05, 3.63) is 42.0 Å². The number of carbonyl (C=O) groups excluding carboxylic acids is 1. The summed E-state index contributed by atoms with van der Waals surface area (Å²) < 4.78 is 16.9. The Bertz CT molecular complexity index is 714. The van der Waals surface area contributed by atoms with Crippen LogP contribution in [0.4, 0.5) is 0 Å². The molecule has 1 aliphatic heterocycles. The lowest BCUT2D eigenvalue weighted by Crippen LogP contribution is -2.56. The van der Waals surface area contributed by atoms with E-state index < -0.39 is 5.60 Å². The van der Waals surface area contributed by atoms with Crippen LogP contribution in [0.2, 0.25) is 0 Å². The van der Waals surface area contributed by atoms with Gasteiger partial charge in [0.15, 0.2) is 0 Å². The van der Waals surface area contributed by atoms with Gasteiger partial charge in [-0.3, -0.25) is 4.79 Å². The Morgan fingerprint density at radius 3 is 2.80 bits per heavy atom. The molecule has 1 saturated heterocycles. The van der Waals surface area contributed by atoms with Gasteiger partial charge in [-0.25, -0.2) is 0 Å². The average Bonchev–Trinajstić information content (AvgIpc) is 3.08. The van der Waals surface area contributed by atoms with Crippen molar-refractivity contribution < 1.29 is 18.8 Å². The van der Waals surface area contributed by atoms with E-state index in [0.29, 0.717) is 32.0 Å². The molecule has 1 unspecified atom stereocenters. The van der Waals surface area contributed by atoms with E-state index in [1.807, 2.05) is 51.1 Å². The summed E-state index contributed by atoms with van der Waals surface area (Å²) in [6.45, 7) is 7.06. The number of rotatable bonds is 5. The lowest BCUT2D eigenvalue weighted by molar-refractivity contribution is -0.136. The Labute approximate surface area is 146 Å². The van der Waals surface area contributed by atoms with Crippen LogP contribution in [0, 0.1) is 0 Å². The molecule has 0 saturated carbocycles. The number of para-hydroxylation sites is 1. The summed E-state index contributed by atoms with van der Waals surface area (Å²) in [5.74, 6) is 1.08. The second-order valence-corrected chi connectivity index (χ2v) is 6.67. The molecule has 1 atom stereocenters. The molecule has 0 aliphatic carbocycles. The molecule has 2 heterocycles. The fraction of sp³-hybridized carbons (Fsp3) is 0.500. The van der Waals surface area contributed by atoms with Crippen LogP contribution in [0.15, 0.2) is 34.9 Å². The first-order valence-electron chi connectivity index (χ1n) is 8.44. The van der Waals surface area contributed by atoms with Crippen LogP contribution in [0.25, 0.3) is 0 Å². The summed E-state index contributed by atoms with van der Waals surface area (Å²) in [6.07, 6.45) is 0.369. The maximum atomic E-state index is 12.7. The summed E-state index contributed by atoms with van der Waals surface area (Å²) in [4.78, 5) is 18.5. The lowest BCUT2D eigenvalue weighted by atomic mass is 10.1. The number of aryl methyl sites for hydroxylation is 1. The Kier molecular flexibility index (Phi) is 5.03. The molecule has 1 aromatic carbocycles. The van der Waals surface area contributed by atoms with E-state index in [-0.39, 0.29) is 17.8 Å². The van der Waals surface area contributed by atoms with Gasteiger partial charge < -0.3 is 18.9 Å². The molecule has 0 bridgehead atoms. The number of hydrogen-bond acceptors (Lipinski definition) is 6. The molecule has 25 heavy (non-hydrogen) atoms. The van der Waals surface area contributed by atoms with Crippen molar-refractivity contribution in [3.63, 3.8) is 0 Å². The summed E-state index contributed by atoms with van der Waals surface area (Å²) in [5.41, 5.74) is -0.476. The van der Waals surface area contributed by atoms with E-state index >= 15 is 0 Å². The van der Waals surface area contributed by atoms with Gasteiger partial charge in [0.05, 0.1) is 12.1 Å². The topological polar surface area (TPSA) is 77.7 Å². The molecule has 0 spiro atoms. The Hall–Kier alpha value is -2.41. The van der Waals surface area contributed by atoms with Crippen molar-refractivity contribution in [2.75, 3.05) is 19.7 Å². The number of morpholine rings is 1. The Morgan fingerprint density at radius 2 is 2.12 bits per heavy atom. The first kappa shape index (κ1) is 17.4. The highest BCUT2D eigenvalue weighted by Gasteiger charge is 2.37. The van der Waals surface area contributed by atoms with Crippen molar-refractivity contribution in [2.45, 2.75) is 38.9 Å². The number of hydrogen-bond donors (Lipinski definition) is 0. The molecule has 7 nitrogen and oxygen atoms in total. The average molecular weight is 345 g/mol. The van der Waals surface area contributed by atoms with Crippen molar-refractivity contribution in [2.24, 2.45) is 0 Å². The minimum atomic E-state index is -0.476. The van der Waals surface area contributed by atoms with E-state index in [9.17, 15) is 4.79 Å². The summed E-state index contributed by atoms with van der Waals surface area (Å²) in [6, 6.07) is 9.55. The number of ether oxygens (including phenoxy) is 2. The molecule has 1 aromatic heterocycles. The summed E-state index contributed by atoms with van der Waals surface area (Å²) in [7, 11) is 0. The van der Waals surface area contributed by atoms with Crippen LogP contribution in [0.3, 0.4) is 0 Å². The third-order valence-electron chi connectivity index (χ3n) is 3.91. The monoisotopic (exact) mass is 345 g/mol. The molecule has 1 aliphatic rings. The quantitative estimate of drug-likeness (QED) is 0.828. The van der Waals surface area contributed by atoms with Gasteiger partial charge >= 0.3 is 0 Å². The van der Waals surface area contributed by atoms with E-state index in [1.54, 1.807) is 4.90 Å². The zero-order valence-electron chi connectivity index (χ0n) is 14.8. The third-order valence-corrected chi connectivity index (χ3v) is 3.91. The summed E-state index contributed by atoms with van der Waals surface area (Å²) >= 11 is 0. The van der Waals surface area contributed by atoms with Crippen molar-refractivity contribution in [1.29, 1.82) is 0 Å². The lowest BCUT2D eigenvalue weighted by Gasteiger charge is -2.42. The van der Waals surface area contributed by atoms with Gasteiger partial charge in [-0.1, -0.05) is 30.3 Å². The Morgan fingerprint density at radius 1 is 1.36 bits per heavy atom. The van der Waals surface area contributed by atoms with Gasteiger partial charge in [0.25, 0.3) is 11.7 Å². The van der Waals surface area contributed by atoms with Gasteiger partial charge in [0, 0.05) is 13.0 Å². The van der Waals surface area contributed by atoms with Gasteiger partial charge in [0.1, 0.15) is 18.5 Å². The van der Waals surface area contributed by atoms with Crippen molar-refractivity contribution in [1.82, 2.24) is 15.0 Å². The minimum Gasteiger partial charge on any atom is -0.491 e. The first-order chi connectivity index (χ1) is 12.0. The van der Waals surface area contributed by atoms with E-state index in [0.717, 1.165) is 5.75 Å². The predicted molar refractivity (Wildman–Crippen MR) is 90.5 cm³/mol. The predicted octanol–water partition coefficient (Wildman–Crippen LogP) is 2.33. The van der Waals surface area contributed by atoms with Crippen LogP contribution in [-0.4, -0.2) is 52.3 Å². The number of aromatic nitrogens is 2. The third kappa shape index (κ3) is 4.36. The molecular formula is C18H23N3O4. The van der Waals surface area contributed by atoms with Gasteiger partial charge in [-0.2, -0.15) is 4.98 Å². The molecule has 3 rings (SSSR count). The van der Waals surface area contributed by atoms with Crippen molar-refractivity contribution >= 4 is 5.91 Å². The normalized spacial score (nSPS) is 19.6. The highest BCUT2D eigenvalue weighted by Crippen LogP contribution is 2.23. The van der Waals surface area contributed by atoms with Crippen LogP contribution in [-0.2, 0) is 11.2 Å². The Balaban J connectivity index is 1.66. The van der Waals surface area contributed by atoms with Gasteiger partial charge in [-0.05, 0) is 26.0 Å². The van der Waals surface area contributed by atoms with Crippen LogP contribution in [0.5, 0.6) is 5.75 Å². The smallest absolute Gasteiger partial charge is 0.295 e. The van der Waals surface area contributed by atoms with Gasteiger partial charge in [-0.15, -0.1) is 0 Å². The van der Waals surface area contributed by atoms with E-state index in [2.05, 4.69) is 10.1 Å². The molecule has 7 heteroatoms. The summed E-state index contributed by atoms with van der Waals surface area (Å²) in [5, 5.41) is 3.78. The van der Waals surface area contributed by atoms with E-state index in [1.165, 1.54) is 0 Å². The second kappa shape index (κ2) is 7.23. The molecular weight excluding hydrogens is 322 g/mol. The SMILES string of the molecule is CCc1nc(C(=O)N2CC(COc3ccccc3)OC(C)(C)C2)no1. The number of benzene rings is 1. The number of carbonyl (C=O) groups is 1. The van der Waals surface area contributed by atoms with Crippen LogP contribution >= 0.6 is 0 Å². The standard InChI is InChI=1S/C18H23N3O4/c1-4-15-19-16(20-25-15)17(22)21-10-14(24-18(2,3)12-21)11-23-13-8-6-5-7-9-13/h5-9,14H,4,10-12H2,1-3H3. The largest absolute Gasteiger partial charge is 0.491 e. The second-order valence-electron chi connectivity index (χ2n) is 6.67. The fourth-order valence-corrected chi connectivity index (χ4v) is 2.87. The molecule has 2 aromatic rings. The molecule has 0 N–H and O–H groups in total. The minimum absolute atomic E-state index is 0.0947. The molecule has 134 valence electrons. The van der Waals surface area contributed by atoms with Gasteiger partial charge in [0.2, 0.25) is 5.89 Å². The zero-order chi connectivity index (χ0) is 17.9. The number of amides is 1. The molecule has 1 fully saturated rings. The highest BCUT2D eigenvalue weighted by molar-refractivity contribution is 5.90. The number of nitrogens with zero attached hydrogens (tertiary/aromatic N) is 3. The zero-order valence-corrected chi connectivity index (χ0v) is 14.8. The van der Waals surface area contributed by atoms with Crippen LogP contribution in [0.1, 0.15) is 37.3 Å². The molecule has 0 radical (unpaired) electrons. The first-order valence-corrected chi connectivity index (χ1v) is 8.44. The van der Waals surface area contributed by atoms with E-state index in [4.69, 9.17) is 14.0 Å². The fourth-order valence-electron chi connectivity index (χ4n) is 2.87. The molecule has 1 amide bonds. The van der Waals surface area contributed by atoms with Crippen molar-refractivity contribution in [3.8, 4) is 5.75 Å². The maximum absolute atomic E-state index is 12.7. The highest BCUT2D eigenvalue weighted by atomic mass is 16.6. The maximum Gasteiger partial charge on any atom is 0.295 e.